The number of rotatable bonds is 6. The zero-order valence-corrected chi connectivity index (χ0v) is 17.4. The van der Waals surface area contributed by atoms with Crippen molar-refractivity contribution in [1.82, 2.24) is 19.7 Å². The van der Waals surface area contributed by atoms with E-state index in [1.165, 1.54) is 41.6 Å². The molecule has 9 heteroatoms. The van der Waals surface area contributed by atoms with Crippen LogP contribution in [0, 0.1) is 5.82 Å². The Balaban J connectivity index is 1.55. The molecule has 29 heavy (non-hydrogen) atoms. The number of carbonyl (C=O) groups excluding carboxylic acids is 1. The number of fused-ring (bicyclic) bond motifs is 1. The van der Waals surface area contributed by atoms with Gasteiger partial charge in [0, 0.05) is 23.1 Å². The number of benzene rings is 1. The van der Waals surface area contributed by atoms with E-state index in [1.807, 2.05) is 19.2 Å². The lowest BCUT2D eigenvalue weighted by Gasteiger charge is -2.11. The SMILES string of the molecule is CC(C)n1nccc1NC(=O)CSc1ncnc2scc(-c3ccc(F)cc3)c12. The molecule has 0 aliphatic carbocycles. The topological polar surface area (TPSA) is 72.7 Å². The second-order valence-electron chi connectivity index (χ2n) is 6.61. The molecular formula is C20H18FN5OS2. The van der Waals surface area contributed by atoms with E-state index in [1.54, 1.807) is 29.1 Å². The predicted molar refractivity (Wildman–Crippen MR) is 115 cm³/mol. The molecule has 6 nitrogen and oxygen atoms in total. The summed E-state index contributed by atoms with van der Waals surface area (Å²) in [5.41, 5.74) is 1.82. The van der Waals surface area contributed by atoms with E-state index in [0.29, 0.717) is 5.82 Å². The summed E-state index contributed by atoms with van der Waals surface area (Å²) in [4.78, 5) is 22.0. The molecule has 0 radical (unpaired) electrons. The van der Waals surface area contributed by atoms with Crippen LogP contribution in [0.3, 0.4) is 0 Å². The molecule has 3 heterocycles. The van der Waals surface area contributed by atoms with Gasteiger partial charge in [0.1, 0.15) is 27.8 Å². The van der Waals surface area contributed by atoms with Crippen LogP contribution in [0.15, 0.2) is 53.3 Å². The average Bonchev–Trinajstić information content (AvgIpc) is 3.34. The number of hydrogen-bond donors (Lipinski definition) is 1. The molecule has 3 aromatic heterocycles. The van der Waals surface area contributed by atoms with E-state index in [2.05, 4.69) is 20.4 Å². The van der Waals surface area contributed by atoms with Crippen molar-refractivity contribution < 1.29 is 9.18 Å². The van der Waals surface area contributed by atoms with Gasteiger partial charge in [0.25, 0.3) is 0 Å². The van der Waals surface area contributed by atoms with Gasteiger partial charge in [-0.05, 0) is 31.5 Å². The van der Waals surface area contributed by atoms with Gasteiger partial charge in [-0.3, -0.25) is 4.79 Å². The van der Waals surface area contributed by atoms with Crippen LogP contribution in [-0.2, 0) is 4.79 Å². The molecule has 0 saturated carbocycles. The zero-order valence-electron chi connectivity index (χ0n) is 15.8. The number of thioether (sulfide) groups is 1. The van der Waals surface area contributed by atoms with Gasteiger partial charge in [-0.15, -0.1) is 11.3 Å². The van der Waals surface area contributed by atoms with Crippen LogP contribution in [0.25, 0.3) is 21.3 Å². The summed E-state index contributed by atoms with van der Waals surface area (Å²) in [7, 11) is 0. The van der Waals surface area contributed by atoms with Crippen molar-refractivity contribution >= 4 is 45.0 Å². The van der Waals surface area contributed by atoms with Crippen molar-refractivity contribution in [3.05, 3.63) is 54.1 Å². The van der Waals surface area contributed by atoms with Crippen molar-refractivity contribution in [2.75, 3.05) is 11.1 Å². The number of carbonyl (C=O) groups is 1. The van der Waals surface area contributed by atoms with E-state index in [4.69, 9.17) is 0 Å². The summed E-state index contributed by atoms with van der Waals surface area (Å²) in [6.45, 7) is 4.01. The van der Waals surface area contributed by atoms with Gasteiger partial charge < -0.3 is 5.32 Å². The Labute approximate surface area is 175 Å². The highest BCUT2D eigenvalue weighted by atomic mass is 32.2. The minimum atomic E-state index is -0.281. The van der Waals surface area contributed by atoms with Gasteiger partial charge in [0.15, 0.2) is 0 Å². The van der Waals surface area contributed by atoms with Crippen molar-refractivity contribution in [3.8, 4) is 11.1 Å². The van der Waals surface area contributed by atoms with Crippen molar-refractivity contribution in [2.24, 2.45) is 0 Å². The maximum absolute atomic E-state index is 13.3. The lowest BCUT2D eigenvalue weighted by atomic mass is 10.1. The number of halogens is 1. The molecule has 0 aliphatic rings. The van der Waals surface area contributed by atoms with Gasteiger partial charge in [-0.1, -0.05) is 23.9 Å². The molecule has 1 N–H and O–H groups in total. The Morgan fingerprint density at radius 1 is 1.24 bits per heavy atom. The summed E-state index contributed by atoms with van der Waals surface area (Å²) >= 11 is 2.85. The maximum atomic E-state index is 13.3. The fourth-order valence-corrected chi connectivity index (χ4v) is 4.73. The van der Waals surface area contributed by atoms with E-state index in [-0.39, 0.29) is 23.5 Å². The number of nitrogens with zero attached hydrogens (tertiary/aromatic N) is 4. The van der Waals surface area contributed by atoms with Crippen LogP contribution in [0.4, 0.5) is 10.2 Å². The van der Waals surface area contributed by atoms with Crippen LogP contribution in [0.2, 0.25) is 0 Å². The molecule has 148 valence electrons. The second kappa shape index (κ2) is 8.30. The fraction of sp³-hybridized carbons (Fsp3) is 0.200. The molecule has 0 aliphatic heterocycles. The lowest BCUT2D eigenvalue weighted by Crippen LogP contribution is -2.18. The third kappa shape index (κ3) is 4.15. The first kappa shape index (κ1) is 19.5. The molecule has 0 spiro atoms. The number of aromatic nitrogens is 4. The maximum Gasteiger partial charge on any atom is 0.235 e. The van der Waals surface area contributed by atoms with Crippen LogP contribution >= 0.6 is 23.1 Å². The molecule has 0 saturated heterocycles. The van der Waals surface area contributed by atoms with Gasteiger partial charge >= 0.3 is 0 Å². The second-order valence-corrected chi connectivity index (χ2v) is 8.43. The van der Waals surface area contributed by atoms with Gasteiger partial charge in [-0.25, -0.2) is 19.0 Å². The number of anilines is 1. The van der Waals surface area contributed by atoms with Crippen LogP contribution in [0.1, 0.15) is 19.9 Å². The van der Waals surface area contributed by atoms with Crippen molar-refractivity contribution in [1.29, 1.82) is 0 Å². The minimum Gasteiger partial charge on any atom is -0.310 e. The van der Waals surface area contributed by atoms with Crippen molar-refractivity contribution in [2.45, 2.75) is 24.9 Å². The van der Waals surface area contributed by atoms with Gasteiger partial charge in [0.2, 0.25) is 5.91 Å². The lowest BCUT2D eigenvalue weighted by molar-refractivity contribution is -0.113. The normalized spacial score (nSPS) is 11.3. The van der Waals surface area contributed by atoms with E-state index in [9.17, 15) is 9.18 Å². The first-order chi connectivity index (χ1) is 14.0. The fourth-order valence-electron chi connectivity index (χ4n) is 2.94. The van der Waals surface area contributed by atoms with Crippen LogP contribution in [0.5, 0.6) is 0 Å². The molecule has 4 rings (SSSR count). The highest BCUT2D eigenvalue weighted by Crippen LogP contribution is 2.37. The Bertz CT molecular complexity index is 1150. The minimum absolute atomic E-state index is 0.136. The molecule has 4 aromatic rings. The molecule has 0 fully saturated rings. The standard InChI is InChI=1S/C20H18FN5OS2/c1-12(2)26-16(7-8-24-26)25-17(27)10-29-20-18-15(9-28-19(18)22-11-23-20)13-3-5-14(21)6-4-13/h3-9,11-12H,10H2,1-2H3,(H,25,27). The summed E-state index contributed by atoms with van der Waals surface area (Å²) < 4.78 is 15.0. The smallest absolute Gasteiger partial charge is 0.235 e. The third-order valence-electron chi connectivity index (χ3n) is 4.26. The molecule has 0 unspecified atom stereocenters. The number of nitrogens with one attached hydrogen (secondary N) is 1. The van der Waals surface area contributed by atoms with Crippen LogP contribution in [-0.4, -0.2) is 31.4 Å². The Morgan fingerprint density at radius 2 is 2.03 bits per heavy atom. The number of amides is 1. The van der Waals surface area contributed by atoms with Crippen LogP contribution < -0.4 is 5.32 Å². The summed E-state index contributed by atoms with van der Waals surface area (Å²) in [6.07, 6.45) is 3.17. The van der Waals surface area contributed by atoms with Crippen molar-refractivity contribution in [3.63, 3.8) is 0 Å². The van der Waals surface area contributed by atoms with Gasteiger partial charge in [0.05, 0.1) is 17.3 Å². The number of thiophene rings is 1. The Hall–Kier alpha value is -2.78. The first-order valence-electron chi connectivity index (χ1n) is 8.97. The number of hydrogen-bond acceptors (Lipinski definition) is 6. The summed E-state index contributed by atoms with van der Waals surface area (Å²) in [5.74, 6) is 0.453. The Kier molecular flexibility index (Phi) is 5.59. The van der Waals surface area contributed by atoms with E-state index < -0.39 is 0 Å². The zero-order chi connectivity index (χ0) is 20.4. The highest BCUT2D eigenvalue weighted by molar-refractivity contribution is 8.00. The quantitative estimate of drug-likeness (QED) is 0.346. The first-order valence-corrected chi connectivity index (χ1v) is 10.8. The highest BCUT2D eigenvalue weighted by Gasteiger charge is 2.16. The van der Waals surface area contributed by atoms with Gasteiger partial charge in [-0.2, -0.15) is 5.10 Å². The summed E-state index contributed by atoms with van der Waals surface area (Å²) in [5, 5.41) is 10.7. The molecular weight excluding hydrogens is 409 g/mol. The molecule has 0 bridgehead atoms. The van der Waals surface area contributed by atoms with E-state index in [0.717, 1.165) is 26.4 Å². The third-order valence-corrected chi connectivity index (χ3v) is 6.13. The summed E-state index contributed by atoms with van der Waals surface area (Å²) in [6, 6.07) is 8.26. The Morgan fingerprint density at radius 3 is 2.79 bits per heavy atom. The van der Waals surface area contributed by atoms with E-state index >= 15 is 0 Å². The molecule has 1 amide bonds. The molecule has 0 atom stereocenters. The average molecular weight is 428 g/mol. The monoisotopic (exact) mass is 427 g/mol. The largest absolute Gasteiger partial charge is 0.310 e. The predicted octanol–water partition coefficient (Wildman–Crippen LogP) is 5.01. The molecule has 1 aromatic carbocycles.